The first-order chi connectivity index (χ1) is 20.9. The Kier molecular flexibility index (Phi) is 11.3. The van der Waals surface area contributed by atoms with Crippen LogP contribution in [0.2, 0.25) is 0 Å². The van der Waals surface area contributed by atoms with Crippen LogP contribution in [0.4, 0.5) is 11.5 Å². The van der Waals surface area contributed by atoms with Crippen LogP contribution in [0.25, 0.3) is 10.9 Å². The van der Waals surface area contributed by atoms with Gasteiger partial charge in [0.25, 0.3) is 0 Å². The summed E-state index contributed by atoms with van der Waals surface area (Å²) < 4.78 is 5.47. The third-order valence-electron chi connectivity index (χ3n) is 8.13. The quantitative estimate of drug-likeness (QED) is 0.456. The standard InChI is InChI=1S/C25H31N7O2.C5H11N.C2H3N/c1-4-5-22(33)30-12-14-32(15-13-30)24-18-8-10-31(11-9-20(18)27-25(28-24)34-3)23-17(2)6-7-21-19(23)16-26-29-21;1-6-4-2-3-5-6;1-2-3/h4-7,16H,8-15H2,1-3H3,(H,26,29);2-5H2,1H3;1H3/b5-4+;;. The maximum atomic E-state index is 12.3. The van der Waals surface area contributed by atoms with E-state index in [-0.39, 0.29) is 5.91 Å². The number of aromatic amines is 1. The van der Waals surface area contributed by atoms with E-state index in [2.05, 4.69) is 51.0 Å². The molecule has 5 heterocycles. The summed E-state index contributed by atoms with van der Waals surface area (Å²) in [7, 11) is 3.79. The number of rotatable bonds is 4. The number of aromatic nitrogens is 4. The number of likely N-dealkylation sites (tertiary alicyclic amines) is 1. The molecule has 11 nitrogen and oxygen atoms in total. The number of nitrogens with one attached hydrogen (secondary N) is 1. The Morgan fingerprint density at radius 2 is 1.72 bits per heavy atom. The molecule has 43 heavy (non-hydrogen) atoms. The summed E-state index contributed by atoms with van der Waals surface area (Å²) in [6.07, 6.45) is 9.83. The van der Waals surface area contributed by atoms with Gasteiger partial charge in [-0.15, -0.1) is 0 Å². The highest BCUT2D eigenvalue weighted by atomic mass is 16.5. The Morgan fingerprint density at radius 3 is 2.35 bits per heavy atom. The first kappa shape index (κ1) is 31.8. The number of hydrogen-bond donors (Lipinski definition) is 1. The molecule has 1 N–H and O–H groups in total. The molecule has 2 fully saturated rings. The highest BCUT2D eigenvalue weighted by Crippen LogP contribution is 2.33. The zero-order chi connectivity index (χ0) is 30.8. The first-order valence-electron chi connectivity index (χ1n) is 15.2. The zero-order valence-electron chi connectivity index (χ0n) is 26.3. The van der Waals surface area contributed by atoms with Gasteiger partial charge in [0.15, 0.2) is 0 Å². The molecular formula is C32H45N9O2. The summed E-state index contributed by atoms with van der Waals surface area (Å²) in [4.78, 5) is 30.7. The predicted molar refractivity (Wildman–Crippen MR) is 171 cm³/mol. The first-order valence-corrected chi connectivity index (χ1v) is 15.2. The third kappa shape index (κ3) is 7.82. The molecule has 3 aromatic rings. The lowest BCUT2D eigenvalue weighted by atomic mass is 10.1. The fourth-order valence-corrected chi connectivity index (χ4v) is 5.93. The van der Waals surface area contributed by atoms with E-state index < -0.39 is 0 Å². The average Bonchev–Trinajstić information content (AvgIpc) is 3.65. The Balaban J connectivity index is 0.000000408. The molecule has 0 aliphatic carbocycles. The fourth-order valence-electron chi connectivity index (χ4n) is 5.93. The van der Waals surface area contributed by atoms with Gasteiger partial charge < -0.3 is 24.3 Å². The van der Waals surface area contributed by atoms with Crippen molar-refractivity contribution >= 4 is 28.3 Å². The molecule has 0 bridgehead atoms. The van der Waals surface area contributed by atoms with Crippen molar-refractivity contribution in [3.63, 3.8) is 0 Å². The molecule has 1 aromatic carbocycles. The molecule has 0 atom stereocenters. The summed E-state index contributed by atoms with van der Waals surface area (Å²) >= 11 is 0. The summed E-state index contributed by atoms with van der Waals surface area (Å²) in [5, 5.41) is 15.8. The molecule has 0 unspecified atom stereocenters. The lowest BCUT2D eigenvalue weighted by Crippen LogP contribution is -2.49. The van der Waals surface area contributed by atoms with Crippen LogP contribution in [0.15, 0.2) is 30.5 Å². The largest absolute Gasteiger partial charge is 0.467 e. The van der Waals surface area contributed by atoms with E-state index in [1.165, 1.54) is 49.7 Å². The van der Waals surface area contributed by atoms with E-state index in [4.69, 9.17) is 20.0 Å². The van der Waals surface area contributed by atoms with E-state index >= 15 is 0 Å². The van der Waals surface area contributed by atoms with Gasteiger partial charge in [0.2, 0.25) is 5.91 Å². The van der Waals surface area contributed by atoms with Crippen molar-refractivity contribution in [1.29, 1.82) is 5.26 Å². The Labute approximate surface area is 255 Å². The summed E-state index contributed by atoms with van der Waals surface area (Å²) in [6.45, 7) is 12.7. The number of nitrogens with zero attached hydrogens (tertiary/aromatic N) is 8. The van der Waals surface area contributed by atoms with Gasteiger partial charge in [0.1, 0.15) is 5.82 Å². The summed E-state index contributed by atoms with van der Waals surface area (Å²) in [5.74, 6) is 1.01. The van der Waals surface area contributed by atoms with Crippen LogP contribution in [-0.2, 0) is 17.6 Å². The number of hydrogen-bond acceptors (Lipinski definition) is 9. The van der Waals surface area contributed by atoms with E-state index in [1.807, 2.05) is 18.0 Å². The number of methoxy groups -OCH3 is 1. The van der Waals surface area contributed by atoms with Crippen LogP contribution in [-0.4, -0.2) is 102 Å². The molecule has 2 saturated heterocycles. The molecule has 11 heteroatoms. The minimum atomic E-state index is 0.0701. The number of nitriles is 1. The maximum absolute atomic E-state index is 12.3. The molecule has 2 aromatic heterocycles. The molecule has 0 saturated carbocycles. The third-order valence-corrected chi connectivity index (χ3v) is 8.13. The van der Waals surface area contributed by atoms with E-state index in [1.54, 1.807) is 25.3 Å². The van der Waals surface area contributed by atoms with Crippen molar-refractivity contribution < 1.29 is 9.53 Å². The van der Waals surface area contributed by atoms with Crippen LogP contribution in [0.3, 0.4) is 0 Å². The number of piperazine rings is 1. The zero-order valence-corrected chi connectivity index (χ0v) is 26.3. The van der Waals surface area contributed by atoms with Crippen molar-refractivity contribution in [3.05, 3.63) is 47.3 Å². The summed E-state index contributed by atoms with van der Waals surface area (Å²) in [5.41, 5.74) is 5.76. The predicted octanol–water partition coefficient (Wildman–Crippen LogP) is 3.74. The van der Waals surface area contributed by atoms with E-state index in [0.29, 0.717) is 19.1 Å². The number of ether oxygens (including phenoxy) is 1. The van der Waals surface area contributed by atoms with Crippen LogP contribution in [0.1, 0.15) is 43.5 Å². The Bertz CT molecular complexity index is 1430. The molecule has 0 spiro atoms. The van der Waals surface area contributed by atoms with E-state index in [9.17, 15) is 4.79 Å². The molecule has 3 aliphatic heterocycles. The number of aryl methyl sites for hydroxylation is 1. The average molecular weight is 588 g/mol. The molecule has 6 rings (SSSR count). The minimum Gasteiger partial charge on any atom is -0.467 e. The van der Waals surface area contributed by atoms with Gasteiger partial charge in [0.05, 0.1) is 36.3 Å². The van der Waals surface area contributed by atoms with Crippen molar-refractivity contribution in [2.75, 3.05) is 76.3 Å². The monoisotopic (exact) mass is 587 g/mol. The lowest BCUT2D eigenvalue weighted by Gasteiger charge is -2.36. The van der Waals surface area contributed by atoms with Gasteiger partial charge in [-0.2, -0.15) is 20.3 Å². The molecule has 0 radical (unpaired) electrons. The second-order valence-electron chi connectivity index (χ2n) is 11.1. The molecular weight excluding hydrogens is 542 g/mol. The molecule has 1 amide bonds. The Hall–Kier alpha value is -4.17. The van der Waals surface area contributed by atoms with Crippen LogP contribution < -0.4 is 14.5 Å². The van der Waals surface area contributed by atoms with Gasteiger partial charge in [-0.05, 0) is 71.0 Å². The normalized spacial score (nSPS) is 17.0. The number of H-pyrrole nitrogens is 1. The Morgan fingerprint density at radius 1 is 1.02 bits per heavy atom. The van der Waals surface area contributed by atoms with Crippen molar-refractivity contribution in [2.45, 2.75) is 46.5 Å². The van der Waals surface area contributed by atoms with Crippen LogP contribution in [0.5, 0.6) is 6.01 Å². The number of amides is 1. The van der Waals surface area contributed by atoms with Gasteiger partial charge in [-0.1, -0.05) is 12.1 Å². The highest BCUT2D eigenvalue weighted by Gasteiger charge is 2.28. The van der Waals surface area contributed by atoms with Gasteiger partial charge in [-0.25, -0.2) is 0 Å². The molecule has 230 valence electrons. The van der Waals surface area contributed by atoms with Crippen molar-refractivity contribution in [2.24, 2.45) is 0 Å². The molecule has 3 aliphatic rings. The number of carbonyl (C=O) groups excluding carboxylic acids is 1. The fraction of sp³-hybridized carbons (Fsp3) is 0.531. The van der Waals surface area contributed by atoms with Crippen molar-refractivity contribution in [1.82, 2.24) is 30.0 Å². The minimum absolute atomic E-state index is 0.0701. The number of allylic oxidation sites excluding steroid dienone is 1. The topological polar surface area (TPSA) is 118 Å². The SMILES string of the molecule is C/C=C/C(=O)N1CCN(c2nc(OC)nc3c2CCN(c2c(C)ccc4[nH]ncc24)CC3)CC1.CC#N.CN1CCCC1. The van der Waals surface area contributed by atoms with Crippen molar-refractivity contribution in [3.8, 4) is 12.1 Å². The number of anilines is 2. The number of benzene rings is 1. The number of fused-ring (bicyclic) bond motifs is 2. The maximum Gasteiger partial charge on any atom is 0.318 e. The van der Waals surface area contributed by atoms with Crippen LogP contribution in [0, 0.1) is 18.3 Å². The second-order valence-corrected chi connectivity index (χ2v) is 11.1. The van der Waals surface area contributed by atoms with Crippen LogP contribution >= 0.6 is 0 Å². The number of carbonyl (C=O) groups is 1. The highest BCUT2D eigenvalue weighted by molar-refractivity contribution is 5.93. The van der Waals surface area contributed by atoms with E-state index in [0.717, 1.165) is 61.4 Å². The van der Waals surface area contributed by atoms with Gasteiger partial charge in [-0.3, -0.25) is 9.89 Å². The summed E-state index contributed by atoms with van der Waals surface area (Å²) in [6, 6.07) is 6.39. The second kappa shape index (κ2) is 15.3. The van der Waals surface area contributed by atoms with Gasteiger partial charge >= 0.3 is 6.01 Å². The van der Waals surface area contributed by atoms with Gasteiger partial charge in [0, 0.05) is 63.6 Å². The lowest BCUT2D eigenvalue weighted by molar-refractivity contribution is -0.126. The smallest absolute Gasteiger partial charge is 0.318 e.